The molecule has 0 saturated carbocycles. The lowest BCUT2D eigenvalue weighted by Gasteiger charge is -2.06. The first kappa shape index (κ1) is 14.4. The Morgan fingerprint density at radius 2 is 2.25 bits per heavy atom. The largest absolute Gasteiger partial charge is 0.370 e. The molecular formula is C11H17N7OS. The van der Waals surface area contributed by atoms with Crippen molar-refractivity contribution in [3.8, 4) is 0 Å². The maximum absolute atomic E-state index is 11.6. The number of aromatic amines is 1. The van der Waals surface area contributed by atoms with Gasteiger partial charge in [0.25, 0.3) is 0 Å². The first-order valence-corrected chi connectivity index (χ1v) is 7.17. The van der Waals surface area contributed by atoms with E-state index in [1.54, 1.807) is 10.6 Å². The zero-order chi connectivity index (χ0) is 14.5. The van der Waals surface area contributed by atoms with Gasteiger partial charge in [0, 0.05) is 19.2 Å². The average molecular weight is 295 g/mol. The number of aromatic nitrogens is 5. The van der Waals surface area contributed by atoms with Crippen LogP contribution >= 0.6 is 11.8 Å². The second-order valence-electron chi connectivity index (χ2n) is 4.04. The van der Waals surface area contributed by atoms with Crippen LogP contribution < -0.4 is 16.7 Å². The molecule has 0 spiro atoms. The van der Waals surface area contributed by atoms with Crippen molar-refractivity contribution in [1.29, 1.82) is 0 Å². The van der Waals surface area contributed by atoms with Crippen LogP contribution in [0.3, 0.4) is 0 Å². The molecule has 0 aromatic carbocycles. The SMILES string of the molecule is CCCn1c(Sc2cc(NCC)nc(N)n2)n[nH]c1=O. The zero-order valence-electron chi connectivity index (χ0n) is 11.4. The topological polar surface area (TPSA) is 115 Å². The van der Waals surface area contributed by atoms with Crippen LogP contribution in [0.4, 0.5) is 11.8 Å². The summed E-state index contributed by atoms with van der Waals surface area (Å²) in [6.45, 7) is 5.32. The quantitative estimate of drug-likeness (QED) is 0.679. The molecule has 108 valence electrons. The monoisotopic (exact) mass is 295 g/mol. The summed E-state index contributed by atoms with van der Waals surface area (Å²) < 4.78 is 1.58. The lowest BCUT2D eigenvalue weighted by atomic mass is 10.5. The van der Waals surface area contributed by atoms with Gasteiger partial charge in [0.2, 0.25) is 5.95 Å². The van der Waals surface area contributed by atoms with Gasteiger partial charge in [-0.25, -0.2) is 14.9 Å². The minimum atomic E-state index is -0.219. The van der Waals surface area contributed by atoms with Gasteiger partial charge < -0.3 is 11.1 Å². The highest BCUT2D eigenvalue weighted by Gasteiger charge is 2.11. The molecule has 0 saturated heterocycles. The summed E-state index contributed by atoms with van der Waals surface area (Å²) in [4.78, 5) is 19.8. The number of nitrogens with two attached hydrogens (primary N) is 1. The molecule has 2 rings (SSSR count). The Balaban J connectivity index is 2.27. The van der Waals surface area contributed by atoms with E-state index in [4.69, 9.17) is 5.73 Å². The van der Waals surface area contributed by atoms with E-state index in [9.17, 15) is 4.79 Å². The molecule has 0 amide bonds. The Morgan fingerprint density at radius 3 is 2.95 bits per heavy atom. The first-order valence-electron chi connectivity index (χ1n) is 6.35. The van der Waals surface area contributed by atoms with E-state index in [-0.39, 0.29) is 11.6 Å². The number of hydrogen-bond acceptors (Lipinski definition) is 7. The minimum Gasteiger partial charge on any atom is -0.370 e. The number of rotatable bonds is 6. The second-order valence-corrected chi connectivity index (χ2v) is 5.03. The fourth-order valence-electron chi connectivity index (χ4n) is 1.66. The first-order chi connectivity index (χ1) is 9.63. The van der Waals surface area contributed by atoms with Crippen LogP contribution in [0.5, 0.6) is 0 Å². The smallest absolute Gasteiger partial charge is 0.343 e. The predicted molar refractivity (Wildman–Crippen MR) is 77.9 cm³/mol. The van der Waals surface area contributed by atoms with E-state index in [0.717, 1.165) is 13.0 Å². The number of H-pyrrole nitrogens is 1. The number of nitrogens with zero attached hydrogens (tertiary/aromatic N) is 4. The molecule has 0 radical (unpaired) electrons. The van der Waals surface area contributed by atoms with Crippen molar-refractivity contribution in [1.82, 2.24) is 24.7 Å². The Labute approximate surface area is 120 Å². The highest BCUT2D eigenvalue weighted by atomic mass is 32.2. The van der Waals surface area contributed by atoms with Crippen LogP contribution in [-0.4, -0.2) is 31.3 Å². The van der Waals surface area contributed by atoms with Crippen LogP contribution in [0, 0.1) is 0 Å². The number of anilines is 2. The standard InChI is InChI=1S/C11H17N7OS/c1-3-5-18-10(19)16-17-11(18)20-8-6-7(13-4-2)14-9(12)15-8/h6H,3-5H2,1-2H3,(H,16,19)(H3,12,13,14,15). The summed E-state index contributed by atoms with van der Waals surface area (Å²) in [5.41, 5.74) is 5.45. The summed E-state index contributed by atoms with van der Waals surface area (Å²) >= 11 is 1.28. The molecule has 2 heterocycles. The van der Waals surface area contributed by atoms with Gasteiger partial charge in [-0.2, -0.15) is 4.98 Å². The molecule has 8 nitrogen and oxygen atoms in total. The van der Waals surface area contributed by atoms with E-state index in [1.807, 2.05) is 13.8 Å². The van der Waals surface area contributed by atoms with Crippen LogP contribution in [0.2, 0.25) is 0 Å². The third kappa shape index (κ3) is 3.29. The lowest BCUT2D eigenvalue weighted by molar-refractivity contribution is 0.603. The molecular weight excluding hydrogens is 278 g/mol. The van der Waals surface area contributed by atoms with Gasteiger partial charge in [-0.3, -0.25) is 4.57 Å². The van der Waals surface area contributed by atoms with E-state index < -0.39 is 0 Å². The molecule has 0 atom stereocenters. The Hall–Kier alpha value is -2.03. The molecule has 2 aromatic rings. The summed E-state index contributed by atoms with van der Waals surface area (Å²) in [7, 11) is 0. The maximum Gasteiger partial charge on any atom is 0.343 e. The van der Waals surface area contributed by atoms with Crippen LogP contribution in [-0.2, 0) is 6.54 Å². The van der Waals surface area contributed by atoms with Gasteiger partial charge in [0.15, 0.2) is 5.16 Å². The van der Waals surface area contributed by atoms with Crippen LogP contribution in [0.15, 0.2) is 21.0 Å². The second kappa shape index (κ2) is 6.42. The summed E-state index contributed by atoms with van der Waals surface area (Å²) in [5.74, 6) is 0.841. The van der Waals surface area contributed by atoms with Crippen molar-refractivity contribution in [2.75, 3.05) is 17.6 Å². The van der Waals surface area contributed by atoms with Crippen molar-refractivity contribution in [2.45, 2.75) is 37.0 Å². The van der Waals surface area contributed by atoms with Gasteiger partial charge in [-0.05, 0) is 25.1 Å². The molecule has 9 heteroatoms. The zero-order valence-corrected chi connectivity index (χ0v) is 12.2. The molecule has 2 aromatic heterocycles. The van der Waals surface area contributed by atoms with Crippen molar-refractivity contribution in [3.63, 3.8) is 0 Å². The van der Waals surface area contributed by atoms with E-state index in [1.165, 1.54) is 11.8 Å². The minimum absolute atomic E-state index is 0.186. The van der Waals surface area contributed by atoms with Gasteiger partial charge in [-0.1, -0.05) is 6.92 Å². The molecule has 0 aliphatic carbocycles. The molecule has 0 aliphatic rings. The average Bonchev–Trinajstić information content (AvgIpc) is 2.72. The maximum atomic E-state index is 11.6. The van der Waals surface area contributed by atoms with E-state index >= 15 is 0 Å². The van der Waals surface area contributed by atoms with Gasteiger partial charge >= 0.3 is 5.69 Å². The van der Waals surface area contributed by atoms with Crippen molar-refractivity contribution < 1.29 is 0 Å². The van der Waals surface area contributed by atoms with E-state index in [0.29, 0.717) is 22.5 Å². The number of hydrogen-bond donors (Lipinski definition) is 3. The highest BCUT2D eigenvalue weighted by Crippen LogP contribution is 2.25. The fraction of sp³-hybridized carbons (Fsp3) is 0.455. The summed E-state index contributed by atoms with van der Waals surface area (Å²) in [6.07, 6.45) is 0.849. The molecule has 20 heavy (non-hydrogen) atoms. The Kier molecular flexibility index (Phi) is 4.61. The molecule has 4 N–H and O–H groups in total. The highest BCUT2D eigenvalue weighted by molar-refractivity contribution is 7.99. The number of nitrogen functional groups attached to an aromatic ring is 1. The molecule has 0 unspecified atom stereocenters. The Morgan fingerprint density at radius 1 is 1.45 bits per heavy atom. The van der Waals surface area contributed by atoms with Gasteiger partial charge in [0.05, 0.1) is 0 Å². The molecule has 0 aliphatic heterocycles. The van der Waals surface area contributed by atoms with Crippen LogP contribution in [0.25, 0.3) is 0 Å². The normalized spacial score (nSPS) is 10.7. The Bertz CT molecular complexity index is 636. The van der Waals surface area contributed by atoms with Crippen molar-refractivity contribution >= 4 is 23.5 Å². The molecule has 0 bridgehead atoms. The van der Waals surface area contributed by atoms with Crippen molar-refractivity contribution in [3.05, 3.63) is 16.6 Å². The van der Waals surface area contributed by atoms with Gasteiger partial charge in [-0.15, -0.1) is 5.10 Å². The van der Waals surface area contributed by atoms with E-state index in [2.05, 4.69) is 25.5 Å². The van der Waals surface area contributed by atoms with Gasteiger partial charge in [0.1, 0.15) is 10.8 Å². The van der Waals surface area contributed by atoms with Crippen molar-refractivity contribution in [2.24, 2.45) is 0 Å². The predicted octanol–water partition coefficient (Wildman–Crippen LogP) is 0.937. The number of nitrogens with one attached hydrogen (secondary N) is 2. The third-order valence-electron chi connectivity index (χ3n) is 2.44. The third-order valence-corrected chi connectivity index (χ3v) is 3.36. The summed E-state index contributed by atoms with van der Waals surface area (Å²) in [6, 6.07) is 1.78. The fourth-order valence-corrected chi connectivity index (χ4v) is 2.53. The lowest BCUT2D eigenvalue weighted by Crippen LogP contribution is -2.17. The molecule has 0 fully saturated rings. The van der Waals surface area contributed by atoms with Crippen LogP contribution in [0.1, 0.15) is 20.3 Å². The summed E-state index contributed by atoms with van der Waals surface area (Å²) in [5, 5.41) is 10.7.